The Morgan fingerprint density at radius 3 is 2.53 bits per heavy atom. The maximum absolute atomic E-state index is 13.7. The van der Waals surface area contributed by atoms with Crippen LogP contribution in [0, 0.1) is 23.6 Å². The van der Waals surface area contributed by atoms with Crippen LogP contribution in [0.1, 0.15) is 28.5 Å². The third-order valence-electron chi connectivity index (χ3n) is 6.25. The fourth-order valence-corrected chi connectivity index (χ4v) is 4.53. The molecule has 2 aliphatic rings. The standard InChI is InChI=1S/C21H24F4N4O/c1-3-28-8-14-15(9-28)16(14)10-29(20(30)19-11-27(2)12-26-19)7-13-4-5-18(22)17(6-13)21(23,24)25/h4-6,11-12,14-16H,3,7-10H2,1-2H3. The van der Waals surface area contributed by atoms with E-state index >= 15 is 0 Å². The monoisotopic (exact) mass is 424 g/mol. The third kappa shape index (κ3) is 4.08. The van der Waals surface area contributed by atoms with E-state index < -0.39 is 17.6 Å². The van der Waals surface area contributed by atoms with Crippen LogP contribution in [0.5, 0.6) is 0 Å². The van der Waals surface area contributed by atoms with Gasteiger partial charge < -0.3 is 14.4 Å². The lowest BCUT2D eigenvalue weighted by Crippen LogP contribution is -2.35. The zero-order valence-electron chi connectivity index (χ0n) is 16.9. The van der Waals surface area contributed by atoms with Crippen molar-refractivity contribution in [2.75, 3.05) is 26.2 Å². The van der Waals surface area contributed by atoms with Crippen LogP contribution in [0.25, 0.3) is 0 Å². The van der Waals surface area contributed by atoms with Gasteiger partial charge in [-0.25, -0.2) is 9.37 Å². The van der Waals surface area contributed by atoms with Gasteiger partial charge in [0.2, 0.25) is 0 Å². The van der Waals surface area contributed by atoms with E-state index in [2.05, 4.69) is 16.8 Å². The van der Waals surface area contributed by atoms with Crippen molar-refractivity contribution in [3.63, 3.8) is 0 Å². The lowest BCUT2D eigenvalue weighted by Gasteiger charge is -2.25. The Morgan fingerprint density at radius 1 is 1.27 bits per heavy atom. The maximum Gasteiger partial charge on any atom is 0.419 e. The van der Waals surface area contributed by atoms with E-state index in [1.807, 2.05) is 0 Å². The first-order valence-corrected chi connectivity index (χ1v) is 10.0. The second-order valence-electron chi connectivity index (χ2n) is 8.27. The summed E-state index contributed by atoms with van der Waals surface area (Å²) in [7, 11) is 1.74. The Labute approximate surface area is 172 Å². The topological polar surface area (TPSA) is 41.4 Å². The number of nitrogens with zero attached hydrogens (tertiary/aromatic N) is 4. The van der Waals surface area contributed by atoms with Crippen molar-refractivity contribution in [2.45, 2.75) is 19.6 Å². The van der Waals surface area contributed by atoms with E-state index in [0.717, 1.165) is 31.8 Å². The molecule has 2 heterocycles. The van der Waals surface area contributed by atoms with Gasteiger partial charge in [-0.1, -0.05) is 13.0 Å². The molecule has 2 unspecified atom stereocenters. The largest absolute Gasteiger partial charge is 0.419 e. The molecule has 30 heavy (non-hydrogen) atoms. The number of benzene rings is 1. The predicted octanol–water partition coefficient (Wildman–Crippen LogP) is 3.42. The second-order valence-corrected chi connectivity index (χ2v) is 8.27. The zero-order valence-corrected chi connectivity index (χ0v) is 16.9. The summed E-state index contributed by atoms with van der Waals surface area (Å²) in [6, 6.07) is 2.91. The Hall–Kier alpha value is -2.42. The highest BCUT2D eigenvalue weighted by molar-refractivity contribution is 5.92. The van der Waals surface area contributed by atoms with E-state index in [0.29, 0.717) is 24.3 Å². The van der Waals surface area contributed by atoms with Crippen LogP contribution in [-0.4, -0.2) is 51.4 Å². The summed E-state index contributed by atoms with van der Waals surface area (Å²) in [5, 5.41) is 0. The quantitative estimate of drug-likeness (QED) is 0.668. The van der Waals surface area contributed by atoms with Crippen molar-refractivity contribution < 1.29 is 22.4 Å². The SMILES string of the molecule is CCN1CC2C(C1)C2CN(Cc1ccc(F)c(C(F)(F)F)c1)C(=O)c1cn(C)cn1. The van der Waals surface area contributed by atoms with Gasteiger partial charge >= 0.3 is 6.18 Å². The molecular formula is C21H24F4N4O. The van der Waals surface area contributed by atoms with Crippen LogP contribution >= 0.6 is 0 Å². The number of rotatable bonds is 6. The number of imidazole rings is 1. The van der Waals surface area contributed by atoms with Crippen LogP contribution in [-0.2, 0) is 19.8 Å². The molecule has 1 aliphatic heterocycles. The molecule has 1 aromatic heterocycles. The molecule has 0 spiro atoms. The van der Waals surface area contributed by atoms with Crippen molar-refractivity contribution in [1.82, 2.24) is 19.4 Å². The smallest absolute Gasteiger partial charge is 0.340 e. The second kappa shape index (κ2) is 7.68. The van der Waals surface area contributed by atoms with Gasteiger partial charge in [0.25, 0.3) is 5.91 Å². The predicted molar refractivity (Wildman–Crippen MR) is 102 cm³/mol. The summed E-state index contributed by atoms with van der Waals surface area (Å²) in [5.41, 5.74) is -0.822. The number of piperidine rings is 1. The molecule has 2 atom stereocenters. The van der Waals surface area contributed by atoms with E-state index in [-0.39, 0.29) is 23.7 Å². The number of likely N-dealkylation sites (tertiary alicyclic amines) is 1. The number of hydrogen-bond donors (Lipinski definition) is 0. The molecule has 4 rings (SSSR count). The van der Waals surface area contributed by atoms with Crippen LogP contribution in [0.2, 0.25) is 0 Å². The van der Waals surface area contributed by atoms with Gasteiger partial charge in [-0.15, -0.1) is 0 Å². The highest BCUT2D eigenvalue weighted by atomic mass is 19.4. The number of halogens is 4. The van der Waals surface area contributed by atoms with Gasteiger partial charge in [-0.2, -0.15) is 13.2 Å². The van der Waals surface area contributed by atoms with Crippen molar-refractivity contribution in [3.05, 3.63) is 53.4 Å². The fraction of sp³-hybridized carbons (Fsp3) is 0.524. The molecule has 0 radical (unpaired) electrons. The zero-order chi connectivity index (χ0) is 21.6. The summed E-state index contributed by atoms with van der Waals surface area (Å²) in [6.07, 6.45) is -1.68. The molecule has 1 amide bonds. The lowest BCUT2D eigenvalue weighted by atomic mass is 10.1. The van der Waals surface area contributed by atoms with Crippen LogP contribution < -0.4 is 0 Å². The summed E-state index contributed by atoms with van der Waals surface area (Å²) >= 11 is 0. The molecule has 1 saturated heterocycles. The number of amides is 1. The Balaban J connectivity index is 1.55. The van der Waals surface area contributed by atoms with Crippen molar-refractivity contribution in [1.29, 1.82) is 0 Å². The highest BCUT2D eigenvalue weighted by Gasteiger charge is 2.55. The van der Waals surface area contributed by atoms with Crippen molar-refractivity contribution in [3.8, 4) is 0 Å². The molecule has 0 bridgehead atoms. The van der Waals surface area contributed by atoms with Gasteiger partial charge in [-0.3, -0.25) is 4.79 Å². The summed E-state index contributed by atoms with van der Waals surface area (Å²) < 4.78 is 54.6. The number of alkyl halides is 3. The number of aromatic nitrogens is 2. The van der Waals surface area contributed by atoms with Gasteiger partial charge in [-0.05, 0) is 42.0 Å². The average Bonchev–Trinajstić information content (AvgIpc) is 3.04. The minimum Gasteiger partial charge on any atom is -0.340 e. The van der Waals surface area contributed by atoms with Gasteiger partial charge in [0.05, 0.1) is 11.9 Å². The Morgan fingerprint density at radius 2 is 1.97 bits per heavy atom. The molecular weight excluding hydrogens is 400 g/mol. The van der Waals surface area contributed by atoms with Gasteiger partial charge in [0.15, 0.2) is 0 Å². The number of carbonyl (C=O) groups is 1. The van der Waals surface area contributed by atoms with Gasteiger partial charge in [0.1, 0.15) is 11.5 Å². The minimum atomic E-state index is -4.78. The number of carbonyl (C=O) groups excluding carboxylic acids is 1. The van der Waals surface area contributed by atoms with Gasteiger partial charge in [0, 0.05) is 39.4 Å². The Kier molecular flexibility index (Phi) is 5.34. The maximum atomic E-state index is 13.7. The molecule has 1 saturated carbocycles. The van der Waals surface area contributed by atoms with E-state index in [4.69, 9.17) is 0 Å². The van der Waals surface area contributed by atoms with Crippen molar-refractivity contribution in [2.24, 2.45) is 24.8 Å². The number of aryl methyl sites for hydroxylation is 1. The molecule has 2 aromatic rings. The van der Waals surface area contributed by atoms with Crippen LogP contribution in [0.4, 0.5) is 17.6 Å². The summed E-state index contributed by atoms with van der Waals surface area (Å²) in [4.78, 5) is 21.1. The fourth-order valence-electron chi connectivity index (χ4n) is 4.53. The first-order chi connectivity index (χ1) is 14.2. The van der Waals surface area contributed by atoms with E-state index in [9.17, 15) is 22.4 Å². The molecule has 1 aliphatic carbocycles. The molecule has 5 nitrogen and oxygen atoms in total. The van der Waals surface area contributed by atoms with Crippen LogP contribution in [0.15, 0.2) is 30.7 Å². The van der Waals surface area contributed by atoms with E-state index in [1.54, 1.807) is 22.7 Å². The molecule has 1 aromatic carbocycles. The summed E-state index contributed by atoms with van der Waals surface area (Å²) in [5.74, 6) is -0.273. The molecule has 2 fully saturated rings. The Bertz CT molecular complexity index is 929. The first kappa shape index (κ1) is 20.8. The third-order valence-corrected chi connectivity index (χ3v) is 6.25. The van der Waals surface area contributed by atoms with Crippen molar-refractivity contribution >= 4 is 5.91 Å². The van der Waals surface area contributed by atoms with Crippen LogP contribution in [0.3, 0.4) is 0 Å². The highest BCUT2D eigenvalue weighted by Crippen LogP contribution is 2.52. The number of fused-ring (bicyclic) bond motifs is 1. The minimum absolute atomic E-state index is 0.0216. The first-order valence-electron chi connectivity index (χ1n) is 10.0. The molecule has 0 N–H and O–H groups in total. The van der Waals surface area contributed by atoms with E-state index in [1.165, 1.54) is 12.4 Å². The normalized spacial score (nSPS) is 23.5. The lowest BCUT2D eigenvalue weighted by molar-refractivity contribution is -0.140. The average molecular weight is 424 g/mol. The molecule has 9 heteroatoms. The number of hydrogen-bond acceptors (Lipinski definition) is 3. The molecule has 162 valence electrons. The summed E-state index contributed by atoms with van der Waals surface area (Å²) in [6.45, 7) is 5.53.